The number of carbonyl (C=O) groups excluding carboxylic acids is 1. The van der Waals surface area contributed by atoms with E-state index in [1.54, 1.807) is 0 Å². The summed E-state index contributed by atoms with van der Waals surface area (Å²) < 4.78 is 5.73. The van der Waals surface area contributed by atoms with Crippen LogP contribution in [0.15, 0.2) is 24.3 Å². The molecule has 0 radical (unpaired) electrons. The Morgan fingerprint density at radius 1 is 1.42 bits per heavy atom. The molecule has 0 fully saturated rings. The number of nitrogens with two attached hydrogens (primary N) is 1. The summed E-state index contributed by atoms with van der Waals surface area (Å²) in [6.07, 6.45) is 1.12. The molecular formula is C15H24N2O2. The van der Waals surface area contributed by atoms with E-state index in [1.807, 2.05) is 45.0 Å². The first-order valence-electron chi connectivity index (χ1n) is 6.73. The van der Waals surface area contributed by atoms with E-state index in [4.69, 9.17) is 10.5 Å². The predicted molar refractivity (Wildman–Crippen MR) is 77.2 cm³/mol. The lowest BCUT2D eigenvalue weighted by molar-refractivity contribution is -0.121. The molecular weight excluding hydrogens is 240 g/mol. The van der Waals surface area contributed by atoms with Gasteiger partial charge in [-0.3, -0.25) is 4.79 Å². The highest BCUT2D eigenvalue weighted by atomic mass is 16.5. The van der Waals surface area contributed by atoms with Gasteiger partial charge in [0.2, 0.25) is 5.91 Å². The van der Waals surface area contributed by atoms with Crippen molar-refractivity contribution in [2.24, 2.45) is 5.73 Å². The molecule has 0 spiro atoms. The first-order valence-corrected chi connectivity index (χ1v) is 6.73. The van der Waals surface area contributed by atoms with Crippen LogP contribution in [0.3, 0.4) is 0 Å². The van der Waals surface area contributed by atoms with Gasteiger partial charge in [-0.2, -0.15) is 0 Å². The molecule has 1 aromatic rings. The SMILES string of the molecule is Cc1cccc(OC(C)CNC(=O)CCC(C)N)c1. The number of hydrogen-bond donors (Lipinski definition) is 2. The number of ether oxygens (including phenoxy) is 1. The van der Waals surface area contributed by atoms with E-state index in [0.29, 0.717) is 19.4 Å². The van der Waals surface area contributed by atoms with Crippen molar-refractivity contribution in [1.29, 1.82) is 0 Å². The van der Waals surface area contributed by atoms with E-state index in [9.17, 15) is 4.79 Å². The lowest BCUT2D eigenvalue weighted by Gasteiger charge is -2.16. The Kier molecular flexibility index (Phi) is 6.36. The van der Waals surface area contributed by atoms with Gasteiger partial charge in [-0.25, -0.2) is 0 Å². The Morgan fingerprint density at radius 3 is 2.79 bits per heavy atom. The standard InChI is InChI=1S/C15H24N2O2/c1-11-5-4-6-14(9-11)19-13(3)10-17-15(18)8-7-12(2)16/h4-6,9,12-13H,7-8,10,16H2,1-3H3,(H,17,18). The maximum atomic E-state index is 11.5. The maximum Gasteiger partial charge on any atom is 0.220 e. The minimum atomic E-state index is -0.0546. The second kappa shape index (κ2) is 7.79. The van der Waals surface area contributed by atoms with Gasteiger partial charge in [-0.1, -0.05) is 12.1 Å². The molecule has 1 aromatic carbocycles. The molecule has 3 N–H and O–H groups in total. The van der Waals surface area contributed by atoms with Crippen molar-refractivity contribution >= 4 is 5.91 Å². The molecule has 2 atom stereocenters. The van der Waals surface area contributed by atoms with Gasteiger partial charge in [0, 0.05) is 12.5 Å². The summed E-state index contributed by atoms with van der Waals surface area (Å²) in [5, 5.41) is 2.85. The average Bonchev–Trinajstić information content (AvgIpc) is 2.34. The first kappa shape index (κ1) is 15.5. The molecule has 1 rings (SSSR count). The molecule has 0 aromatic heterocycles. The third-order valence-corrected chi connectivity index (χ3v) is 2.74. The van der Waals surface area contributed by atoms with Gasteiger partial charge in [0.25, 0.3) is 0 Å². The van der Waals surface area contributed by atoms with Crippen LogP contribution < -0.4 is 15.8 Å². The molecule has 4 heteroatoms. The minimum Gasteiger partial charge on any atom is -0.489 e. The van der Waals surface area contributed by atoms with Crippen LogP contribution in [0, 0.1) is 6.92 Å². The summed E-state index contributed by atoms with van der Waals surface area (Å²) in [6.45, 7) is 6.37. The van der Waals surface area contributed by atoms with Crippen LogP contribution in [0.2, 0.25) is 0 Å². The quantitative estimate of drug-likeness (QED) is 0.791. The number of hydrogen-bond acceptors (Lipinski definition) is 3. The summed E-state index contributed by atoms with van der Waals surface area (Å²) in [5.41, 5.74) is 6.77. The average molecular weight is 264 g/mol. The third-order valence-electron chi connectivity index (χ3n) is 2.74. The Bertz CT molecular complexity index is 405. The van der Waals surface area contributed by atoms with E-state index in [2.05, 4.69) is 5.32 Å². The third kappa shape index (κ3) is 6.82. The van der Waals surface area contributed by atoms with Crippen molar-refractivity contribution in [3.05, 3.63) is 29.8 Å². The fraction of sp³-hybridized carbons (Fsp3) is 0.533. The van der Waals surface area contributed by atoms with Crippen LogP contribution in [0.25, 0.3) is 0 Å². The van der Waals surface area contributed by atoms with E-state index in [1.165, 1.54) is 0 Å². The van der Waals surface area contributed by atoms with Crippen LogP contribution in [-0.4, -0.2) is 24.6 Å². The zero-order valence-corrected chi connectivity index (χ0v) is 12.0. The van der Waals surface area contributed by atoms with E-state index >= 15 is 0 Å². The summed E-state index contributed by atoms with van der Waals surface area (Å²) >= 11 is 0. The Labute approximate surface area is 115 Å². The molecule has 0 heterocycles. The highest BCUT2D eigenvalue weighted by Crippen LogP contribution is 2.13. The van der Waals surface area contributed by atoms with Crippen LogP contribution in [0.1, 0.15) is 32.3 Å². The molecule has 0 bridgehead atoms. The van der Waals surface area contributed by atoms with E-state index in [0.717, 1.165) is 11.3 Å². The number of aryl methyl sites for hydroxylation is 1. The zero-order valence-electron chi connectivity index (χ0n) is 12.0. The van der Waals surface area contributed by atoms with E-state index < -0.39 is 0 Å². The summed E-state index contributed by atoms with van der Waals surface area (Å²) in [6, 6.07) is 7.94. The monoisotopic (exact) mass is 264 g/mol. The van der Waals surface area contributed by atoms with Gasteiger partial charge in [-0.15, -0.1) is 0 Å². The Balaban J connectivity index is 2.28. The Hall–Kier alpha value is -1.55. The van der Waals surface area contributed by atoms with Crippen LogP contribution in [0.4, 0.5) is 0 Å². The lowest BCUT2D eigenvalue weighted by atomic mass is 10.2. The molecule has 0 aliphatic heterocycles. The lowest BCUT2D eigenvalue weighted by Crippen LogP contribution is -2.34. The largest absolute Gasteiger partial charge is 0.489 e. The van der Waals surface area contributed by atoms with Crippen molar-refractivity contribution in [1.82, 2.24) is 5.32 Å². The van der Waals surface area contributed by atoms with Gasteiger partial charge < -0.3 is 15.8 Å². The van der Waals surface area contributed by atoms with Crippen molar-refractivity contribution in [2.45, 2.75) is 45.8 Å². The number of nitrogens with one attached hydrogen (secondary N) is 1. The summed E-state index contributed by atoms with van der Waals surface area (Å²) in [4.78, 5) is 11.5. The van der Waals surface area contributed by atoms with Crippen LogP contribution in [-0.2, 0) is 4.79 Å². The normalized spacial score (nSPS) is 13.7. The molecule has 106 valence electrons. The molecule has 0 aliphatic rings. The molecule has 0 saturated heterocycles. The topological polar surface area (TPSA) is 64.3 Å². The molecule has 19 heavy (non-hydrogen) atoms. The fourth-order valence-electron chi connectivity index (χ4n) is 1.67. The number of amides is 1. The first-order chi connectivity index (χ1) is 8.97. The molecule has 0 saturated carbocycles. The Morgan fingerprint density at radius 2 is 2.16 bits per heavy atom. The molecule has 0 aliphatic carbocycles. The summed E-state index contributed by atoms with van der Waals surface area (Å²) in [7, 11) is 0. The van der Waals surface area contributed by atoms with Crippen molar-refractivity contribution in [3.8, 4) is 5.75 Å². The highest BCUT2D eigenvalue weighted by Gasteiger charge is 2.07. The highest BCUT2D eigenvalue weighted by molar-refractivity contribution is 5.75. The molecule has 4 nitrogen and oxygen atoms in total. The second-order valence-electron chi connectivity index (χ2n) is 5.07. The maximum absolute atomic E-state index is 11.5. The van der Waals surface area contributed by atoms with Crippen LogP contribution >= 0.6 is 0 Å². The molecule has 2 unspecified atom stereocenters. The predicted octanol–water partition coefficient (Wildman–Crippen LogP) is 2.01. The van der Waals surface area contributed by atoms with Gasteiger partial charge in [-0.05, 0) is 44.9 Å². The smallest absolute Gasteiger partial charge is 0.220 e. The number of rotatable bonds is 7. The van der Waals surface area contributed by atoms with Crippen molar-refractivity contribution < 1.29 is 9.53 Å². The molecule has 1 amide bonds. The van der Waals surface area contributed by atoms with E-state index in [-0.39, 0.29) is 18.1 Å². The summed E-state index contributed by atoms with van der Waals surface area (Å²) in [5.74, 6) is 0.856. The van der Waals surface area contributed by atoms with Crippen molar-refractivity contribution in [3.63, 3.8) is 0 Å². The van der Waals surface area contributed by atoms with Crippen molar-refractivity contribution in [2.75, 3.05) is 6.54 Å². The second-order valence-corrected chi connectivity index (χ2v) is 5.07. The zero-order chi connectivity index (χ0) is 14.3. The fourth-order valence-corrected chi connectivity index (χ4v) is 1.67. The minimum absolute atomic E-state index is 0.0250. The van der Waals surface area contributed by atoms with Crippen LogP contribution in [0.5, 0.6) is 5.75 Å². The van der Waals surface area contributed by atoms with Gasteiger partial charge in [0.1, 0.15) is 11.9 Å². The van der Waals surface area contributed by atoms with Gasteiger partial charge in [0.05, 0.1) is 6.54 Å². The number of carbonyl (C=O) groups is 1. The van der Waals surface area contributed by atoms with Gasteiger partial charge >= 0.3 is 0 Å². The van der Waals surface area contributed by atoms with Gasteiger partial charge in [0.15, 0.2) is 0 Å². The number of benzene rings is 1.